The molecule has 0 radical (unpaired) electrons. The number of piperazine rings is 1. The minimum absolute atomic E-state index is 0.0659. The van der Waals surface area contributed by atoms with Gasteiger partial charge in [-0.2, -0.15) is 8.61 Å². The number of carbonyl (C=O) groups is 1. The third kappa shape index (κ3) is 5.82. The van der Waals surface area contributed by atoms with Gasteiger partial charge in [-0.25, -0.2) is 16.8 Å². The smallest absolute Gasteiger partial charge is 0.243 e. The zero-order valence-corrected chi connectivity index (χ0v) is 19.5. The van der Waals surface area contributed by atoms with Gasteiger partial charge in [0.1, 0.15) is 0 Å². The van der Waals surface area contributed by atoms with E-state index >= 15 is 0 Å². The quantitative estimate of drug-likeness (QED) is 0.588. The van der Waals surface area contributed by atoms with Crippen LogP contribution in [0, 0.1) is 6.92 Å². The molecule has 0 atom stereocenters. The van der Waals surface area contributed by atoms with Gasteiger partial charge in [0.25, 0.3) is 0 Å². The number of hydrogen-bond acceptors (Lipinski definition) is 7. The van der Waals surface area contributed by atoms with Crippen LogP contribution in [0.15, 0.2) is 23.1 Å². The van der Waals surface area contributed by atoms with Gasteiger partial charge in [0.2, 0.25) is 26.0 Å². The maximum atomic E-state index is 12.9. The SMILES string of the molecule is CCS(=O)(=O)N1CCN(CC(=O)Nc2cc(S(=O)(=O)N3CCOCC3)ccc2C)CC1. The lowest BCUT2D eigenvalue weighted by molar-refractivity contribution is -0.117. The molecule has 1 amide bonds. The topological polar surface area (TPSA) is 116 Å². The number of benzene rings is 1. The Morgan fingerprint density at radius 3 is 2.26 bits per heavy atom. The highest BCUT2D eigenvalue weighted by Crippen LogP contribution is 2.23. The van der Waals surface area contributed by atoms with E-state index < -0.39 is 20.0 Å². The van der Waals surface area contributed by atoms with Crippen LogP contribution in [-0.4, -0.2) is 101 Å². The highest BCUT2D eigenvalue weighted by Gasteiger charge is 2.28. The number of morpholine rings is 1. The molecular formula is C19H30N4O6S2. The monoisotopic (exact) mass is 474 g/mol. The zero-order chi connectivity index (χ0) is 22.6. The predicted octanol–water partition coefficient (Wildman–Crippen LogP) is -0.0783. The zero-order valence-electron chi connectivity index (χ0n) is 17.9. The van der Waals surface area contributed by atoms with Crippen LogP contribution in [0.4, 0.5) is 5.69 Å². The van der Waals surface area contributed by atoms with Gasteiger partial charge in [-0.05, 0) is 31.5 Å². The van der Waals surface area contributed by atoms with E-state index in [1.807, 2.05) is 4.90 Å². The summed E-state index contributed by atoms with van der Waals surface area (Å²) < 4.78 is 57.7. The van der Waals surface area contributed by atoms with E-state index in [9.17, 15) is 21.6 Å². The van der Waals surface area contributed by atoms with Crippen LogP contribution in [0.2, 0.25) is 0 Å². The largest absolute Gasteiger partial charge is 0.379 e. The van der Waals surface area contributed by atoms with Gasteiger partial charge in [-0.1, -0.05) is 6.07 Å². The first-order valence-electron chi connectivity index (χ1n) is 10.3. The second-order valence-electron chi connectivity index (χ2n) is 7.62. The maximum absolute atomic E-state index is 12.9. The van der Waals surface area contributed by atoms with Crippen molar-refractivity contribution in [1.82, 2.24) is 13.5 Å². The van der Waals surface area contributed by atoms with Crippen LogP contribution in [-0.2, 0) is 29.6 Å². The summed E-state index contributed by atoms with van der Waals surface area (Å²) >= 11 is 0. The van der Waals surface area contributed by atoms with Gasteiger partial charge in [0, 0.05) is 45.0 Å². The minimum atomic E-state index is -3.66. The summed E-state index contributed by atoms with van der Waals surface area (Å²) in [6.07, 6.45) is 0. The van der Waals surface area contributed by atoms with Crippen molar-refractivity contribution in [2.24, 2.45) is 0 Å². The van der Waals surface area contributed by atoms with Crippen LogP contribution in [0.5, 0.6) is 0 Å². The Morgan fingerprint density at radius 2 is 1.65 bits per heavy atom. The van der Waals surface area contributed by atoms with Crippen LogP contribution in [0.3, 0.4) is 0 Å². The molecule has 0 aromatic heterocycles. The van der Waals surface area contributed by atoms with E-state index in [1.165, 1.54) is 14.7 Å². The Kier molecular flexibility index (Phi) is 7.71. The summed E-state index contributed by atoms with van der Waals surface area (Å²) in [5, 5.41) is 2.81. The number of sulfonamides is 2. The Hall–Kier alpha value is -1.57. The highest BCUT2D eigenvalue weighted by molar-refractivity contribution is 7.89. The molecule has 0 saturated carbocycles. The average molecular weight is 475 g/mol. The van der Waals surface area contributed by atoms with Crippen LogP contribution >= 0.6 is 0 Å². The molecule has 3 rings (SSSR count). The van der Waals surface area contributed by atoms with E-state index in [0.29, 0.717) is 58.2 Å². The molecule has 2 heterocycles. The number of ether oxygens (including phenoxy) is 1. The number of carbonyl (C=O) groups excluding carboxylic acids is 1. The summed E-state index contributed by atoms with van der Waals surface area (Å²) in [7, 11) is -6.88. The number of nitrogens with zero attached hydrogens (tertiary/aromatic N) is 3. The van der Waals surface area contributed by atoms with Gasteiger partial charge >= 0.3 is 0 Å². The Bertz CT molecular complexity index is 998. The molecule has 0 unspecified atom stereocenters. The molecular weight excluding hydrogens is 444 g/mol. The first kappa shape index (κ1) is 24.1. The summed E-state index contributed by atoms with van der Waals surface area (Å²) in [5.74, 6) is -0.202. The third-order valence-electron chi connectivity index (χ3n) is 5.55. The lowest BCUT2D eigenvalue weighted by Gasteiger charge is -2.33. The molecule has 1 aromatic carbocycles. The molecule has 1 aromatic rings. The van der Waals surface area contributed by atoms with Crippen molar-refractivity contribution in [3.63, 3.8) is 0 Å². The Balaban J connectivity index is 1.62. The fourth-order valence-electron chi connectivity index (χ4n) is 3.57. The van der Waals surface area contributed by atoms with Crippen molar-refractivity contribution in [1.29, 1.82) is 0 Å². The lowest BCUT2D eigenvalue weighted by Crippen LogP contribution is -2.50. The van der Waals surface area contributed by atoms with Gasteiger partial charge < -0.3 is 10.1 Å². The normalized spacial score (nSPS) is 19.9. The summed E-state index contributed by atoms with van der Waals surface area (Å²) in [6, 6.07) is 4.71. The summed E-state index contributed by atoms with van der Waals surface area (Å²) in [5.41, 5.74) is 1.21. The van der Waals surface area contributed by atoms with Crippen molar-refractivity contribution < 1.29 is 26.4 Å². The fraction of sp³-hybridized carbons (Fsp3) is 0.632. The average Bonchev–Trinajstić information content (AvgIpc) is 2.76. The predicted molar refractivity (Wildman–Crippen MR) is 117 cm³/mol. The number of rotatable bonds is 7. The lowest BCUT2D eigenvalue weighted by atomic mass is 10.2. The molecule has 0 aliphatic carbocycles. The molecule has 31 heavy (non-hydrogen) atoms. The molecule has 1 N–H and O–H groups in total. The van der Waals surface area contributed by atoms with E-state index in [4.69, 9.17) is 4.74 Å². The van der Waals surface area contributed by atoms with Crippen molar-refractivity contribution in [2.45, 2.75) is 18.7 Å². The molecule has 0 bridgehead atoms. The van der Waals surface area contributed by atoms with Crippen LogP contribution < -0.4 is 5.32 Å². The van der Waals surface area contributed by atoms with E-state index in [0.717, 1.165) is 5.56 Å². The Labute approximate surface area is 184 Å². The van der Waals surface area contributed by atoms with E-state index in [-0.39, 0.29) is 23.1 Å². The highest BCUT2D eigenvalue weighted by atomic mass is 32.2. The Morgan fingerprint density at radius 1 is 1.00 bits per heavy atom. The minimum Gasteiger partial charge on any atom is -0.379 e. The fourth-order valence-corrected chi connectivity index (χ4v) is 6.09. The first-order chi connectivity index (χ1) is 14.6. The number of anilines is 1. The van der Waals surface area contributed by atoms with Gasteiger partial charge in [0.15, 0.2) is 0 Å². The summed E-state index contributed by atoms with van der Waals surface area (Å²) in [6.45, 7) is 6.51. The van der Waals surface area contributed by atoms with Crippen molar-refractivity contribution in [2.75, 3.05) is 70.1 Å². The molecule has 10 nitrogen and oxygen atoms in total. The molecule has 2 fully saturated rings. The molecule has 2 aliphatic rings. The second-order valence-corrected chi connectivity index (χ2v) is 11.8. The number of hydrogen-bond donors (Lipinski definition) is 1. The second kappa shape index (κ2) is 9.92. The molecule has 12 heteroatoms. The molecule has 2 saturated heterocycles. The van der Waals surface area contributed by atoms with Crippen molar-refractivity contribution >= 4 is 31.6 Å². The standard InChI is InChI=1S/C19H30N4O6S2/c1-3-30(25,26)22-8-6-21(7-9-22)15-19(24)20-18-14-17(5-4-16(18)2)31(27,28)23-10-12-29-13-11-23/h4-5,14H,3,6-13,15H2,1-2H3,(H,20,24). The molecule has 0 spiro atoms. The van der Waals surface area contributed by atoms with Crippen LogP contribution in [0.1, 0.15) is 12.5 Å². The third-order valence-corrected chi connectivity index (χ3v) is 9.32. The van der Waals surface area contributed by atoms with Crippen molar-refractivity contribution in [3.8, 4) is 0 Å². The van der Waals surface area contributed by atoms with E-state index in [1.54, 1.807) is 26.0 Å². The van der Waals surface area contributed by atoms with Gasteiger partial charge in [-0.15, -0.1) is 0 Å². The molecule has 2 aliphatic heterocycles. The number of aryl methyl sites for hydroxylation is 1. The summed E-state index contributed by atoms with van der Waals surface area (Å²) in [4.78, 5) is 14.6. The van der Waals surface area contributed by atoms with Crippen LogP contribution in [0.25, 0.3) is 0 Å². The maximum Gasteiger partial charge on any atom is 0.243 e. The number of amides is 1. The molecule has 174 valence electrons. The van der Waals surface area contributed by atoms with Gasteiger partial charge in [-0.3, -0.25) is 9.69 Å². The van der Waals surface area contributed by atoms with Crippen molar-refractivity contribution in [3.05, 3.63) is 23.8 Å². The van der Waals surface area contributed by atoms with E-state index in [2.05, 4.69) is 5.32 Å². The van der Waals surface area contributed by atoms with Gasteiger partial charge in [0.05, 0.1) is 30.4 Å². The first-order valence-corrected chi connectivity index (χ1v) is 13.4. The number of nitrogens with one attached hydrogen (secondary N) is 1.